The van der Waals surface area contributed by atoms with E-state index in [2.05, 4.69) is 27.6 Å². The molecule has 0 spiro atoms. The third kappa shape index (κ3) is 4.44. The van der Waals surface area contributed by atoms with Gasteiger partial charge in [0.2, 0.25) is 11.8 Å². The number of nitrogens with zero attached hydrogens (tertiary/aromatic N) is 4. The second-order valence-corrected chi connectivity index (χ2v) is 10.1. The van der Waals surface area contributed by atoms with E-state index in [1.165, 1.54) is 29.3 Å². The molecule has 2 fully saturated rings. The van der Waals surface area contributed by atoms with Gasteiger partial charge >= 0.3 is 0 Å². The summed E-state index contributed by atoms with van der Waals surface area (Å²) in [4.78, 5) is 13.2. The van der Waals surface area contributed by atoms with E-state index in [0.29, 0.717) is 17.9 Å². The first-order valence-corrected chi connectivity index (χ1v) is 12.2. The molecule has 1 aliphatic heterocycles. The van der Waals surface area contributed by atoms with Crippen LogP contribution in [0.5, 0.6) is 5.88 Å². The fraction of sp³-hybridized carbons (Fsp3) is 0.571. The Bertz CT molecular complexity index is 1010. The van der Waals surface area contributed by atoms with Crippen LogP contribution in [-0.2, 0) is 4.74 Å². The quantitative estimate of drug-likeness (QED) is 0.618. The lowest BCUT2D eigenvalue weighted by molar-refractivity contribution is -0.00123. The Kier molecular flexibility index (Phi) is 5.86. The van der Waals surface area contributed by atoms with Crippen molar-refractivity contribution >= 4 is 44.0 Å². The van der Waals surface area contributed by atoms with Gasteiger partial charge in [0.25, 0.3) is 0 Å². The molecule has 0 amide bonds. The van der Waals surface area contributed by atoms with Crippen molar-refractivity contribution < 1.29 is 9.47 Å². The third-order valence-corrected chi connectivity index (χ3v) is 7.63. The Morgan fingerprint density at radius 1 is 1.10 bits per heavy atom. The number of anilines is 2. The van der Waals surface area contributed by atoms with Crippen molar-refractivity contribution in [2.45, 2.75) is 51.7 Å². The number of aryl methyl sites for hydroxylation is 2. The molecule has 30 heavy (non-hydrogen) atoms. The SMILES string of the molecule is Cc1cc(Nc2nc(OC3CCC(N4CCOCC4)CC3)c3sc(C)cc3n2)sn1. The van der Waals surface area contributed by atoms with E-state index in [-0.39, 0.29) is 6.10 Å². The van der Waals surface area contributed by atoms with Crippen molar-refractivity contribution in [3.05, 3.63) is 22.7 Å². The van der Waals surface area contributed by atoms with Crippen LogP contribution >= 0.6 is 22.9 Å². The molecule has 4 heterocycles. The molecule has 1 saturated heterocycles. The highest BCUT2D eigenvalue weighted by Gasteiger charge is 2.28. The Morgan fingerprint density at radius 3 is 2.63 bits per heavy atom. The molecule has 1 N–H and O–H groups in total. The van der Waals surface area contributed by atoms with Crippen LogP contribution in [0.4, 0.5) is 10.9 Å². The van der Waals surface area contributed by atoms with Gasteiger partial charge in [-0.2, -0.15) is 9.36 Å². The second-order valence-electron chi connectivity index (χ2n) is 8.08. The number of morpholine rings is 1. The third-order valence-electron chi connectivity index (χ3n) is 5.81. The Balaban J connectivity index is 1.31. The molecule has 0 bridgehead atoms. The minimum atomic E-state index is 0.210. The molecule has 160 valence electrons. The lowest BCUT2D eigenvalue weighted by Gasteiger charge is -2.38. The van der Waals surface area contributed by atoms with Gasteiger partial charge in [-0.25, -0.2) is 4.98 Å². The lowest BCUT2D eigenvalue weighted by atomic mass is 9.91. The van der Waals surface area contributed by atoms with Gasteiger partial charge < -0.3 is 14.8 Å². The van der Waals surface area contributed by atoms with Crippen molar-refractivity contribution in [2.75, 3.05) is 31.6 Å². The van der Waals surface area contributed by atoms with Gasteiger partial charge in [0.15, 0.2) is 0 Å². The normalized spacial score (nSPS) is 23.0. The topological polar surface area (TPSA) is 72.4 Å². The van der Waals surface area contributed by atoms with Gasteiger partial charge in [-0.3, -0.25) is 4.90 Å². The minimum Gasteiger partial charge on any atom is -0.473 e. The standard InChI is InChI=1S/C21H27N5O2S2/c1-13-11-18(30-25-13)23-21-22-17-12-14(2)29-19(17)20(24-21)28-16-5-3-15(4-6-16)26-7-9-27-10-8-26/h11-12,15-16H,3-10H2,1-2H3,(H,22,23,24). The number of ether oxygens (including phenoxy) is 2. The van der Waals surface area contributed by atoms with E-state index in [0.717, 1.165) is 60.1 Å². The monoisotopic (exact) mass is 445 g/mol. The Labute approximate surface area is 184 Å². The van der Waals surface area contributed by atoms with Crippen molar-refractivity contribution in [1.82, 2.24) is 19.2 Å². The van der Waals surface area contributed by atoms with Crippen molar-refractivity contribution in [3.8, 4) is 5.88 Å². The molecule has 5 rings (SSSR count). The first-order valence-electron chi connectivity index (χ1n) is 10.6. The van der Waals surface area contributed by atoms with Gasteiger partial charge in [-0.1, -0.05) is 0 Å². The summed E-state index contributed by atoms with van der Waals surface area (Å²) in [6.45, 7) is 7.93. The van der Waals surface area contributed by atoms with E-state index in [1.807, 2.05) is 13.0 Å². The molecule has 0 atom stereocenters. The zero-order valence-electron chi connectivity index (χ0n) is 17.4. The van der Waals surface area contributed by atoms with Gasteiger partial charge in [0.05, 0.1) is 24.4 Å². The smallest absolute Gasteiger partial charge is 0.236 e. The summed E-state index contributed by atoms with van der Waals surface area (Å²) < 4.78 is 17.3. The fourth-order valence-electron chi connectivity index (χ4n) is 4.32. The molecule has 2 aliphatic rings. The van der Waals surface area contributed by atoms with Crippen LogP contribution in [0.15, 0.2) is 12.1 Å². The summed E-state index contributed by atoms with van der Waals surface area (Å²) >= 11 is 3.12. The molecule has 1 saturated carbocycles. The van der Waals surface area contributed by atoms with E-state index in [9.17, 15) is 0 Å². The van der Waals surface area contributed by atoms with Crippen LogP contribution < -0.4 is 10.1 Å². The zero-order chi connectivity index (χ0) is 20.5. The highest BCUT2D eigenvalue weighted by molar-refractivity contribution is 7.19. The molecule has 0 aromatic carbocycles. The van der Waals surface area contributed by atoms with Gasteiger partial charge in [-0.15, -0.1) is 11.3 Å². The summed E-state index contributed by atoms with van der Waals surface area (Å²) in [7, 11) is 0. The van der Waals surface area contributed by atoms with Crippen LogP contribution in [0.3, 0.4) is 0 Å². The molecule has 3 aromatic rings. The number of fused-ring (bicyclic) bond motifs is 1. The summed E-state index contributed by atoms with van der Waals surface area (Å²) in [5.74, 6) is 1.28. The maximum absolute atomic E-state index is 6.47. The number of hydrogen-bond acceptors (Lipinski definition) is 9. The number of aromatic nitrogens is 3. The van der Waals surface area contributed by atoms with Gasteiger partial charge in [0.1, 0.15) is 15.8 Å². The van der Waals surface area contributed by atoms with E-state index < -0.39 is 0 Å². The van der Waals surface area contributed by atoms with E-state index in [4.69, 9.17) is 19.4 Å². The molecular formula is C21H27N5O2S2. The van der Waals surface area contributed by atoms with Crippen LogP contribution in [-0.4, -0.2) is 57.7 Å². The number of rotatable bonds is 5. The molecule has 0 unspecified atom stereocenters. The van der Waals surface area contributed by atoms with Crippen LogP contribution in [0.1, 0.15) is 36.3 Å². The number of thiophene rings is 1. The molecule has 1 aliphatic carbocycles. The number of nitrogens with one attached hydrogen (secondary N) is 1. The summed E-state index contributed by atoms with van der Waals surface area (Å²) in [6.07, 6.45) is 4.69. The van der Waals surface area contributed by atoms with Gasteiger partial charge in [-0.05, 0) is 63.2 Å². The maximum Gasteiger partial charge on any atom is 0.236 e. The van der Waals surface area contributed by atoms with E-state index in [1.54, 1.807) is 11.3 Å². The van der Waals surface area contributed by atoms with Gasteiger partial charge in [0, 0.05) is 24.0 Å². The summed E-state index contributed by atoms with van der Waals surface area (Å²) in [5.41, 5.74) is 1.93. The molecule has 0 radical (unpaired) electrons. The average Bonchev–Trinajstić information content (AvgIpc) is 3.34. The van der Waals surface area contributed by atoms with Crippen LogP contribution in [0.2, 0.25) is 0 Å². The molecular weight excluding hydrogens is 418 g/mol. The molecule has 3 aromatic heterocycles. The van der Waals surface area contributed by atoms with Crippen LogP contribution in [0.25, 0.3) is 10.2 Å². The summed E-state index contributed by atoms with van der Waals surface area (Å²) in [6, 6.07) is 4.77. The maximum atomic E-state index is 6.47. The molecule has 7 nitrogen and oxygen atoms in total. The second kappa shape index (κ2) is 8.74. The minimum absolute atomic E-state index is 0.210. The largest absolute Gasteiger partial charge is 0.473 e. The first kappa shape index (κ1) is 20.1. The van der Waals surface area contributed by atoms with E-state index >= 15 is 0 Å². The zero-order valence-corrected chi connectivity index (χ0v) is 19.0. The average molecular weight is 446 g/mol. The highest BCUT2D eigenvalue weighted by atomic mass is 32.1. The highest BCUT2D eigenvalue weighted by Crippen LogP contribution is 2.35. The summed E-state index contributed by atoms with van der Waals surface area (Å²) in [5, 5.41) is 4.23. The lowest BCUT2D eigenvalue weighted by Crippen LogP contribution is -2.46. The predicted molar refractivity (Wildman–Crippen MR) is 121 cm³/mol. The van der Waals surface area contributed by atoms with Crippen molar-refractivity contribution in [2.24, 2.45) is 0 Å². The first-order chi connectivity index (χ1) is 14.6. The fourth-order valence-corrected chi connectivity index (χ4v) is 5.86. The predicted octanol–water partition coefficient (Wildman–Crippen LogP) is 4.53. The van der Waals surface area contributed by atoms with Crippen molar-refractivity contribution in [3.63, 3.8) is 0 Å². The Hall–Kier alpha value is -1.81. The Morgan fingerprint density at radius 2 is 1.90 bits per heavy atom. The van der Waals surface area contributed by atoms with Crippen LogP contribution in [0, 0.1) is 13.8 Å². The van der Waals surface area contributed by atoms with Crippen molar-refractivity contribution in [1.29, 1.82) is 0 Å². The number of hydrogen-bond donors (Lipinski definition) is 1. The molecule has 9 heteroatoms.